The highest BCUT2D eigenvalue weighted by molar-refractivity contribution is 5.80. The van der Waals surface area contributed by atoms with Crippen molar-refractivity contribution in [1.82, 2.24) is 15.3 Å². The lowest BCUT2D eigenvalue weighted by Crippen LogP contribution is -2.32. The number of hydrogen-bond acceptors (Lipinski definition) is 3. The van der Waals surface area contributed by atoms with Crippen molar-refractivity contribution >= 4 is 11.6 Å². The Kier molecular flexibility index (Phi) is 3.77. The number of para-hydroxylation sites is 1. The number of rotatable bonds is 4. The van der Waals surface area contributed by atoms with Gasteiger partial charge in [-0.05, 0) is 18.6 Å². The van der Waals surface area contributed by atoms with Gasteiger partial charge in [-0.25, -0.2) is 4.79 Å². The van der Waals surface area contributed by atoms with Crippen LogP contribution in [0.1, 0.15) is 12.1 Å². The van der Waals surface area contributed by atoms with Crippen LogP contribution >= 0.6 is 0 Å². The second-order valence-electron chi connectivity index (χ2n) is 5.25. The van der Waals surface area contributed by atoms with Gasteiger partial charge in [-0.3, -0.25) is 4.79 Å². The van der Waals surface area contributed by atoms with E-state index in [1.165, 1.54) is 0 Å². The van der Waals surface area contributed by atoms with E-state index in [4.69, 9.17) is 0 Å². The van der Waals surface area contributed by atoms with Crippen LogP contribution in [0.2, 0.25) is 0 Å². The van der Waals surface area contributed by atoms with Crippen molar-refractivity contribution < 1.29 is 4.79 Å². The molecule has 3 rings (SSSR count). The van der Waals surface area contributed by atoms with Crippen LogP contribution in [0.4, 0.5) is 5.69 Å². The van der Waals surface area contributed by atoms with Crippen molar-refractivity contribution in [3.05, 3.63) is 52.7 Å². The molecule has 2 aromatic rings. The van der Waals surface area contributed by atoms with Gasteiger partial charge >= 0.3 is 5.69 Å². The average Bonchev–Trinajstić information content (AvgIpc) is 3.15. The van der Waals surface area contributed by atoms with Crippen molar-refractivity contribution in [2.45, 2.75) is 13.0 Å². The van der Waals surface area contributed by atoms with Crippen molar-refractivity contribution in [2.24, 2.45) is 5.92 Å². The molecule has 0 saturated carbocycles. The number of anilines is 1. The summed E-state index contributed by atoms with van der Waals surface area (Å²) in [6.45, 7) is 1.97. The highest BCUT2D eigenvalue weighted by Crippen LogP contribution is 2.23. The largest absolute Gasteiger partial charge is 0.371 e. The van der Waals surface area contributed by atoms with Crippen LogP contribution in [0.15, 0.2) is 41.3 Å². The zero-order chi connectivity index (χ0) is 14.7. The Hall–Kier alpha value is -2.50. The molecular formula is C15H18N4O2. The second kappa shape index (κ2) is 5.87. The molecule has 1 aliphatic rings. The Morgan fingerprint density at radius 2 is 2.14 bits per heavy atom. The number of nitrogens with one attached hydrogen (secondary N) is 3. The summed E-state index contributed by atoms with van der Waals surface area (Å²) >= 11 is 0. The zero-order valence-corrected chi connectivity index (χ0v) is 11.6. The molecule has 2 heterocycles. The van der Waals surface area contributed by atoms with Gasteiger partial charge in [0.15, 0.2) is 0 Å². The van der Waals surface area contributed by atoms with Gasteiger partial charge < -0.3 is 20.2 Å². The lowest BCUT2D eigenvalue weighted by Gasteiger charge is -2.18. The molecule has 0 spiro atoms. The van der Waals surface area contributed by atoms with E-state index >= 15 is 0 Å². The van der Waals surface area contributed by atoms with Gasteiger partial charge in [0.1, 0.15) is 0 Å². The predicted molar refractivity (Wildman–Crippen MR) is 80.0 cm³/mol. The third-order valence-corrected chi connectivity index (χ3v) is 3.79. The van der Waals surface area contributed by atoms with E-state index in [1.807, 2.05) is 18.2 Å². The normalized spacial score (nSPS) is 17.9. The van der Waals surface area contributed by atoms with E-state index < -0.39 is 0 Å². The molecule has 1 atom stereocenters. The van der Waals surface area contributed by atoms with E-state index in [-0.39, 0.29) is 17.5 Å². The molecule has 0 radical (unpaired) electrons. The van der Waals surface area contributed by atoms with Crippen LogP contribution in [0.25, 0.3) is 0 Å². The van der Waals surface area contributed by atoms with E-state index in [0.717, 1.165) is 25.2 Å². The minimum absolute atomic E-state index is 0.00382. The maximum absolute atomic E-state index is 12.2. The first-order valence-electron chi connectivity index (χ1n) is 7.06. The topological polar surface area (TPSA) is 81.0 Å². The van der Waals surface area contributed by atoms with E-state index in [2.05, 4.69) is 32.3 Å². The Bertz CT molecular complexity index is 662. The molecule has 21 heavy (non-hydrogen) atoms. The number of carbonyl (C=O) groups excluding carboxylic acids is 1. The number of hydrogen-bond donors (Lipinski definition) is 3. The van der Waals surface area contributed by atoms with Crippen LogP contribution in [-0.2, 0) is 11.3 Å². The summed E-state index contributed by atoms with van der Waals surface area (Å²) in [7, 11) is 0. The average molecular weight is 286 g/mol. The van der Waals surface area contributed by atoms with Crippen LogP contribution in [0, 0.1) is 5.92 Å². The third kappa shape index (κ3) is 3.16. The zero-order valence-electron chi connectivity index (χ0n) is 11.6. The minimum Gasteiger partial charge on any atom is -0.371 e. The van der Waals surface area contributed by atoms with E-state index in [0.29, 0.717) is 12.2 Å². The van der Waals surface area contributed by atoms with Crippen molar-refractivity contribution in [1.29, 1.82) is 0 Å². The molecule has 1 amide bonds. The highest BCUT2D eigenvalue weighted by atomic mass is 16.2. The number of nitrogens with zero attached hydrogens (tertiary/aromatic N) is 1. The number of benzene rings is 1. The molecule has 1 aromatic carbocycles. The van der Waals surface area contributed by atoms with Gasteiger partial charge in [0.25, 0.3) is 0 Å². The van der Waals surface area contributed by atoms with Gasteiger partial charge in [-0.15, -0.1) is 0 Å². The third-order valence-electron chi connectivity index (χ3n) is 3.79. The Labute approximate surface area is 122 Å². The summed E-state index contributed by atoms with van der Waals surface area (Å²) in [5.74, 6) is 0.0337. The summed E-state index contributed by atoms with van der Waals surface area (Å²) in [5.41, 5.74) is 1.59. The minimum atomic E-state index is -0.254. The first-order valence-corrected chi connectivity index (χ1v) is 7.06. The number of aromatic nitrogens is 2. The van der Waals surface area contributed by atoms with Crippen molar-refractivity contribution in [3.8, 4) is 0 Å². The fraction of sp³-hybridized carbons (Fsp3) is 0.333. The number of carbonyl (C=O) groups is 1. The fourth-order valence-electron chi connectivity index (χ4n) is 2.64. The van der Waals surface area contributed by atoms with Crippen LogP contribution in [0.5, 0.6) is 0 Å². The van der Waals surface area contributed by atoms with Crippen molar-refractivity contribution in [2.75, 3.05) is 18.0 Å². The highest BCUT2D eigenvalue weighted by Gasteiger charge is 2.28. The lowest BCUT2D eigenvalue weighted by atomic mass is 10.1. The lowest BCUT2D eigenvalue weighted by molar-refractivity contribution is -0.124. The molecule has 0 aliphatic carbocycles. The Balaban J connectivity index is 1.53. The Morgan fingerprint density at radius 3 is 2.86 bits per heavy atom. The van der Waals surface area contributed by atoms with Crippen LogP contribution in [0.3, 0.4) is 0 Å². The van der Waals surface area contributed by atoms with Gasteiger partial charge in [0.2, 0.25) is 5.91 Å². The molecule has 1 saturated heterocycles. The smallest absolute Gasteiger partial charge is 0.323 e. The van der Waals surface area contributed by atoms with Gasteiger partial charge in [0.05, 0.1) is 18.2 Å². The van der Waals surface area contributed by atoms with Crippen molar-refractivity contribution in [3.63, 3.8) is 0 Å². The first-order chi connectivity index (χ1) is 10.2. The maximum atomic E-state index is 12.2. The Morgan fingerprint density at radius 1 is 1.33 bits per heavy atom. The number of H-pyrrole nitrogens is 2. The van der Waals surface area contributed by atoms with Crippen LogP contribution < -0.4 is 15.9 Å². The fourth-order valence-corrected chi connectivity index (χ4v) is 2.64. The summed E-state index contributed by atoms with van der Waals surface area (Å²) in [6, 6.07) is 10.1. The monoisotopic (exact) mass is 286 g/mol. The number of imidazole rings is 1. The predicted octanol–water partition coefficient (Wildman–Crippen LogP) is 0.846. The van der Waals surface area contributed by atoms with Crippen LogP contribution in [-0.4, -0.2) is 29.0 Å². The molecule has 0 bridgehead atoms. The molecule has 6 heteroatoms. The van der Waals surface area contributed by atoms with Gasteiger partial charge in [-0.2, -0.15) is 0 Å². The quantitative estimate of drug-likeness (QED) is 0.779. The first kappa shape index (κ1) is 13.5. The van der Waals surface area contributed by atoms with E-state index in [1.54, 1.807) is 6.20 Å². The molecule has 3 N–H and O–H groups in total. The summed E-state index contributed by atoms with van der Waals surface area (Å²) in [6.07, 6.45) is 2.43. The van der Waals surface area contributed by atoms with E-state index in [9.17, 15) is 9.59 Å². The summed E-state index contributed by atoms with van der Waals surface area (Å²) < 4.78 is 0. The summed E-state index contributed by atoms with van der Waals surface area (Å²) in [4.78, 5) is 30.5. The SMILES string of the molecule is O=C(NCc1c[nH]c(=O)[nH]1)C1CCN(c2ccccc2)C1. The molecule has 1 aromatic heterocycles. The molecule has 1 aliphatic heterocycles. The van der Waals surface area contributed by atoms with Gasteiger partial charge in [-0.1, -0.05) is 18.2 Å². The molecule has 1 fully saturated rings. The summed E-state index contributed by atoms with van der Waals surface area (Å²) in [5, 5.41) is 2.87. The molecular weight excluding hydrogens is 268 g/mol. The molecule has 6 nitrogen and oxygen atoms in total. The van der Waals surface area contributed by atoms with Gasteiger partial charge in [0, 0.05) is 25.0 Å². The maximum Gasteiger partial charge on any atom is 0.323 e. The number of aromatic amines is 2. The molecule has 110 valence electrons. The number of amides is 1. The standard InChI is InChI=1S/C15H18N4O2/c20-14(16-8-12-9-17-15(21)18-12)11-6-7-19(10-11)13-4-2-1-3-5-13/h1-5,9,11H,6-8,10H2,(H,16,20)(H2,17,18,21). The molecule has 1 unspecified atom stereocenters. The second-order valence-corrected chi connectivity index (χ2v) is 5.25.